The van der Waals surface area contributed by atoms with Crippen molar-refractivity contribution in [3.63, 3.8) is 0 Å². The lowest BCUT2D eigenvalue weighted by molar-refractivity contribution is -0.120. The van der Waals surface area contributed by atoms with E-state index in [1.54, 1.807) is 32.4 Å². The van der Waals surface area contributed by atoms with Gasteiger partial charge in [-0.05, 0) is 18.2 Å². The molecule has 3 N–H and O–H groups in total. The number of benzene rings is 1. The van der Waals surface area contributed by atoms with Gasteiger partial charge >= 0.3 is 0 Å². The van der Waals surface area contributed by atoms with Crippen LogP contribution < -0.4 is 20.5 Å². The molecule has 22 heavy (non-hydrogen) atoms. The number of nitrogens with zero attached hydrogens (tertiary/aromatic N) is 1. The van der Waals surface area contributed by atoms with Gasteiger partial charge in [-0.3, -0.25) is 14.7 Å². The van der Waals surface area contributed by atoms with E-state index in [2.05, 4.69) is 20.7 Å². The minimum absolute atomic E-state index is 0.0192. The molecule has 0 bridgehead atoms. The fourth-order valence-electron chi connectivity index (χ4n) is 1.79. The Hall–Kier alpha value is -3.03. The monoisotopic (exact) mass is 304 g/mol. The lowest BCUT2D eigenvalue weighted by Gasteiger charge is -2.06. The summed E-state index contributed by atoms with van der Waals surface area (Å²) in [6.07, 6.45) is 1.48. The maximum absolute atomic E-state index is 11.7. The van der Waals surface area contributed by atoms with E-state index in [-0.39, 0.29) is 17.9 Å². The van der Waals surface area contributed by atoms with E-state index in [0.29, 0.717) is 22.8 Å². The molecule has 0 saturated heterocycles. The van der Waals surface area contributed by atoms with Gasteiger partial charge in [0.2, 0.25) is 5.91 Å². The number of amides is 1. The second-order valence-electron chi connectivity index (χ2n) is 4.36. The van der Waals surface area contributed by atoms with Gasteiger partial charge < -0.3 is 14.6 Å². The number of hydrogen-bond acceptors (Lipinski definition) is 5. The first kappa shape index (κ1) is 15.4. The van der Waals surface area contributed by atoms with Gasteiger partial charge in [0, 0.05) is 17.3 Å². The normalized spacial score (nSPS) is 10.6. The van der Waals surface area contributed by atoms with Crippen LogP contribution in [0.2, 0.25) is 0 Å². The van der Waals surface area contributed by atoms with Gasteiger partial charge in [-0.15, -0.1) is 0 Å². The second-order valence-corrected chi connectivity index (χ2v) is 4.36. The maximum atomic E-state index is 11.7. The van der Waals surface area contributed by atoms with Gasteiger partial charge in [0.25, 0.3) is 5.56 Å². The van der Waals surface area contributed by atoms with Gasteiger partial charge in [0.15, 0.2) is 0 Å². The number of aromatic nitrogens is 2. The third kappa shape index (κ3) is 3.98. The van der Waals surface area contributed by atoms with Crippen molar-refractivity contribution in [2.75, 3.05) is 14.2 Å². The summed E-state index contributed by atoms with van der Waals surface area (Å²) in [6.45, 7) is 0. The van der Waals surface area contributed by atoms with Crippen LogP contribution in [-0.2, 0) is 11.2 Å². The Labute approximate surface area is 126 Å². The number of carbonyl (C=O) groups is 1. The number of carbonyl (C=O) groups excluding carboxylic acids is 1. The van der Waals surface area contributed by atoms with E-state index in [1.165, 1.54) is 12.3 Å². The van der Waals surface area contributed by atoms with Gasteiger partial charge in [0.1, 0.15) is 11.5 Å². The molecule has 1 amide bonds. The first-order valence-electron chi connectivity index (χ1n) is 6.43. The van der Waals surface area contributed by atoms with E-state index in [4.69, 9.17) is 9.47 Å². The quantitative estimate of drug-likeness (QED) is 0.530. The van der Waals surface area contributed by atoms with E-state index < -0.39 is 0 Å². The summed E-state index contributed by atoms with van der Waals surface area (Å²) >= 11 is 0. The fraction of sp³-hybridized carbons (Fsp3) is 0.214. The molecule has 8 nitrogen and oxygen atoms in total. The van der Waals surface area contributed by atoms with Gasteiger partial charge in [-0.2, -0.15) is 5.10 Å². The highest BCUT2D eigenvalue weighted by molar-refractivity contribution is 5.86. The summed E-state index contributed by atoms with van der Waals surface area (Å²) in [5.41, 5.74) is 3.24. The predicted octanol–water partition coefficient (Wildman–Crippen LogP) is 0.413. The van der Waals surface area contributed by atoms with Crippen molar-refractivity contribution in [3.8, 4) is 11.5 Å². The highest BCUT2D eigenvalue weighted by atomic mass is 16.5. The number of nitrogens with one attached hydrogen (secondary N) is 3. The molecule has 2 rings (SSSR count). The molecule has 1 aromatic heterocycles. The van der Waals surface area contributed by atoms with Crippen LogP contribution >= 0.6 is 0 Å². The van der Waals surface area contributed by atoms with Gasteiger partial charge in [-0.25, -0.2) is 5.43 Å². The Morgan fingerprint density at radius 2 is 2.09 bits per heavy atom. The summed E-state index contributed by atoms with van der Waals surface area (Å²) in [7, 11) is 3.10. The molecule has 2 aromatic rings. The molecule has 0 saturated carbocycles. The molecular weight excluding hydrogens is 288 g/mol. The predicted molar refractivity (Wildman–Crippen MR) is 80.4 cm³/mol. The van der Waals surface area contributed by atoms with Crippen LogP contribution in [0.25, 0.3) is 0 Å². The number of hydrazone groups is 1. The first-order valence-corrected chi connectivity index (χ1v) is 6.43. The van der Waals surface area contributed by atoms with Gasteiger partial charge in [0.05, 0.1) is 26.9 Å². The molecule has 0 fully saturated rings. The topological polar surface area (TPSA) is 109 Å². The average molecular weight is 304 g/mol. The summed E-state index contributed by atoms with van der Waals surface area (Å²) in [4.78, 5) is 22.6. The summed E-state index contributed by atoms with van der Waals surface area (Å²) in [5.74, 6) is 0.903. The highest BCUT2D eigenvalue weighted by Gasteiger charge is 2.05. The molecule has 0 aliphatic carbocycles. The first-order chi connectivity index (χ1) is 10.6. The van der Waals surface area contributed by atoms with Crippen molar-refractivity contribution in [2.24, 2.45) is 5.10 Å². The van der Waals surface area contributed by atoms with Gasteiger partial charge in [-0.1, -0.05) is 0 Å². The molecule has 0 unspecified atom stereocenters. The molecule has 0 aliphatic rings. The van der Waals surface area contributed by atoms with E-state index >= 15 is 0 Å². The number of ether oxygens (including phenoxy) is 2. The summed E-state index contributed by atoms with van der Waals surface area (Å²) in [5, 5.41) is 8.81. The van der Waals surface area contributed by atoms with Crippen LogP contribution in [-0.4, -0.2) is 36.5 Å². The van der Waals surface area contributed by atoms with Crippen LogP contribution in [0.3, 0.4) is 0 Å². The second kappa shape index (κ2) is 7.11. The number of aromatic amines is 2. The number of H-pyrrole nitrogens is 2. The Balaban J connectivity index is 1.99. The smallest absolute Gasteiger partial charge is 0.264 e. The van der Waals surface area contributed by atoms with E-state index in [1.807, 2.05) is 0 Å². The number of hydrogen-bond donors (Lipinski definition) is 3. The van der Waals surface area contributed by atoms with Crippen LogP contribution in [0.5, 0.6) is 11.5 Å². The number of rotatable bonds is 6. The van der Waals surface area contributed by atoms with Crippen LogP contribution in [0.15, 0.2) is 34.2 Å². The molecule has 0 aliphatic heterocycles. The van der Waals surface area contributed by atoms with Crippen LogP contribution in [0.1, 0.15) is 11.3 Å². The highest BCUT2D eigenvalue weighted by Crippen LogP contribution is 2.22. The van der Waals surface area contributed by atoms with Crippen molar-refractivity contribution in [3.05, 3.63) is 45.9 Å². The Morgan fingerprint density at radius 3 is 2.73 bits per heavy atom. The van der Waals surface area contributed by atoms with Crippen molar-refractivity contribution in [1.82, 2.24) is 15.6 Å². The Bertz CT molecular complexity index is 732. The zero-order chi connectivity index (χ0) is 15.9. The van der Waals surface area contributed by atoms with Crippen LogP contribution in [0.4, 0.5) is 0 Å². The molecule has 0 spiro atoms. The third-order valence-electron chi connectivity index (χ3n) is 2.83. The number of methoxy groups -OCH3 is 2. The molecule has 116 valence electrons. The molecule has 0 radical (unpaired) electrons. The average Bonchev–Trinajstić information content (AvgIpc) is 2.92. The molecule has 8 heteroatoms. The van der Waals surface area contributed by atoms with Crippen molar-refractivity contribution >= 4 is 12.1 Å². The Kier molecular flexibility index (Phi) is 4.97. The van der Waals surface area contributed by atoms with E-state index in [0.717, 1.165) is 0 Å². The van der Waals surface area contributed by atoms with Crippen molar-refractivity contribution < 1.29 is 14.3 Å². The SMILES string of the molecule is COc1ccc(OC)c(/C=N/NC(=O)Cc2cc(=O)[nH][nH]2)c1. The lowest BCUT2D eigenvalue weighted by Crippen LogP contribution is -2.20. The maximum Gasteiger partial charge on any atom is 0.264 e. The molecular formula is C14H16N4O4. The van der Waals surface area contributed by atoms with Crippen molar-refractivity contribution in [2.45, 2.75) is 6.42 Å². The summed E-state index contributed by atoms with van der Waals surface area (Å²) < 4.78 is 10.3. The molecule has 1 aromatic carbocycles. The molecule has 0 atom stereocenters. The third-order valence-corrected chi connectivity index (χ3v) is 2.83. The zero-order valence-corrected chi connectivity index (χ0v) is 12.2. The Morgan fingerprint density at radius 1 is 1.27 bits per heavy atom. The van der Waals surface area contributed by atoms with Crippen LogP contribution in [0, 0.1) is 0 Å². The standard InChI is InChI=1S/C14H16N4O4/c1-21-11-3-4-12(22-2)9(5-11)8-15-17-13(19)6-10-7-14(20)18-16-10/h3-5,7-8H,6H2,1-2H3,(H,17,19)(H2,16,18,20)/b15-8+. The lowest BCUT2D eigenvalue weighted by atomic mass is 10.2. The minimum atomic E-state index is -0.353. The largest absolute Gasteiger partial charge is 0.497 e. The van der Waals surface area contributed by atoms with Crippen molar-refractivity contribution in [1.29, 1.82) is 0 Å². The molecule has 1 heterocycles. The zero-order valence-electron chi connectivity index (χ0n) is 12.2. The van der Waals surface area contributed by atoms with E-state index in [9.17, 15) is 9.59 Å². The fourth-order valence-corrected chi connectivity index (χ4v) is 1.79. The minimum Gasteiger partial charge on any atom is -0.497 e. The summed E-state index contributed by atoms with van der Waals surface area (Å²) in [6, 6.07) is 6.55.